The minimum absolute atomic E-state index is 0.0521. The van der Waals surface area contributed by atoms with E-state index in [0.717, 1.165) is 12.8 Å². The van der Waals surface area contributed by atoms with Crippen LogP contribution in [0.4, 0.5) is 4.39 Å². The van der Waals surface area contributed by atoms with Gasteiger partial charge in [0.15, 0.2) is 0 Å². The summed E-state index contributed by atoms with van der Waals surface area (Å²) in [5.41, 5.74) is 0.540. The predicted molar refractivity (Wildman–Crippen MR) is 133 cm³/mol. The zero-order valence-electron chi connectivity index (χ0n) is 20.5. The van der Waals surface area contributed by atoms with Crippen molar-refractivity contribution in [3.63, 3.8) is 0 Å². The van der Waals surface area contributed by atoms with Crippen LogP contribution in [0.2, 0.25) is 0 Å². The molecule has 0 spiro atoms. The Hall–Kier alpha value is -2.94. The smallest absolute Gasteiger partial charge is 0.270 e. The first kappa shape index (κ1) is 24.7. The van der Waals surface area contributed by atoms with Crippen molar-refractivity contribution in [1.29, 1.82) is 0 Å². The second-order valence-corrected chi connectivity index (χ2v) is 10.7. The molecule has 0 radical (unpaired) electrons. The minimum Gasteiger partial charge on any atom is -0.394 e. The van der Waals surface area contributed by atoms with Crippen molar-refractivity contribution in [3.05, 3.63) is 35.8 Å². The zero-order chi connectivity index (χ0) is 25.2. The number of amides is 3. The molecule has 194 valence electrons. The van der Waals surface area contributed by atoms with Crippen molar-refractivity contribution in [2.45, 2.75) is 63.5 Å². The number of carbonyl (C=O) groups is 3. The molecule has 36 heavy (non-hydrogen) atoms. The van der Waals surface area contributed by atoms with Gasteiger partial charge in [0.2, 0.25) is 11.8 Å². The number of nitrogens with one attached hydrogen (secondary N) is 3. The van der Waals surface area contributed by atoms with Crippen molar-refractivity contribution in [2.24, 2.45) is 17.8 Å². The average molecular weight is 499 g/mol. The number of carbonyl (C=O) groups excluding carboxylic acids is 3. The third-order valence-corrected chi connectivity index (χ3v) is 8.35. The summed E-state index contributed by atoms with van der Waals surface area (Å²) in [4.78, 5) is 43.7. The largest absolute Gasteiger partial charge is 0.394 e. The van der Waals surface area contributed by atoms with E-state index in [1.54, 1.807) is 23.1 Å². The molecule has 2 aliphatic heterocycles. The summed E-state index contributed by atoms with van der Waals surface area (Å²) in [6, 6.07) is 5.10. The van der Waals surface area contributed by atoms with Gasteiger partial charge in [-0.2, -0.15) is 0 Å². The Morgan fingerprint density at radius 1 is 1.17 bits per heavy atom. The highest BCUT2D eigenvalue weighted by atomic mass is 19.1. The normalized spacial score (nSPS) is 25.8. The number of aromatic nitrogens is 1. The second kappa shape index (κ2) is 10.6. The maximum Gasteiger partial charge on any atom is 0.270 e. The Labute approximate surface area is 210 Å². The van der Waals surface area contributed by atoms with E-state index in [1.807, 2.05) is 0 Å². The van der Waals surface area contributed by atoms with Crippen LogP contribution >= 0.6 is 0 Å². The average Bonchev–Trinajstić information content (AvgIpc) is 3.63. The molecule has 1 saturated carbocycles. The number of likely N-dealkylation sites (tertiary alicyclic amines) is 1. The fraction of sp³-hybridized carbons (Fsp3) is 0.593. The van der Waals surface area contributed by atoms with E-state index in [2.05, 4.69) is 15.6 Å². The second-order valence-electron chi connectivity index (χ2n) is 10.7. The molecule has 3 aliphatic rings. The molecule has 1 aromatic heterocycles. The number of fused-ring (bicyclic) bond motifs is 1. The van der Waals surface area contributed by atoms with Gasteiger partial charge < -0.3 is 25.6 Å². The monoisotopic (exact) mass is 498 g/mol. The topological polar surface area (TPSA) is 115 Å². The van der Waals surface area contributed by atoms with Gasteiger partial charge in [-0.25, -0.2) is 4.39 Å². The number of para-hydroxylation sites is 1. The van der Waals surface area contributed by atoms with Crippen molar-refractivity contribution < 1.29 is 23.9 Å². The van der Waals surface area contributed by atoms with Crippen LogP contribution in [0, 0.1) is 23.6 Å². The third-order valence-electron chi connectivity index (χ3n) is 8.35. The van der Waals surface area contributed by atoms with Crippen LogP contribution in [0.5, 0.6) is 0 Å². The minimum atomic E-state index is -0.674. The molecule has 9 heteroatoms. The van der Waals surface area contributed by atoms with Gasteiger partial charge in [0.25, 0.3) is 5.91 Å². The number of H-pyrrole nitrogens is 1. The van der Waals surface area contributed by atoms with Crippen LogP contribution in [0.25, 0.3) is 10.9 Å². The maximum absolute atomic E-state index is 14.3. The Bertz CT molecular complexity index is 1130. The summed E-state index contributed by atoms with van der Waals surface area (Å²) >= 11 is 0. The Morgan fingerprint density at radius 2 is 1.97 bits per heavy atom. The van der Waals surface area contributed by atoms with Gasteiger partial charge in [0.1, 0.15) is 17.6 Å². The first-order valence-corrected chi connectivity index (χ1v) is 13.2. The lowest BCUT2D eigenvalue weighted by molar-refractivity contribution is -0.127. The molecule has 3 amide bonds. The SMILES string of the molecule is O=C1NCC[C@H]1C[C@@H](CO)NC(=O)[C@@H]1C[C@@H](C2CCCCC2)CN1C(=O)c1cc2cccc(F)c2[nH]1. The molecule has 4 atom stereocenters. The van der Waals surface area contributed by atoms with Crippen LogP contribution in [-0.4, -0.2) is 64.5 Å². The molecule has 0 bridgehead atoms. The lowest BCUT2D eigenvalue weighted by atomic mass is 9.79. The fourth-order valence-corrected chi connectivity index (χ4v) is 6.37. The molecule has 0 unspecified atom stereocenters. The van der Waals surface area contributed by atoms with E-state index in [9.17, 15) is 23.9 Å². The van der Waals surface area contributed by atoms with Crippen molar-refractivity contribution in [3.8, 4) is 0 Å². The first-order valence-electron chi connectivity index (χ1n) is 13.2. The number of aromatic amines is 1. The van der Waals surface area contributed by atoms with Crippen molar-refractivity contribution >= 4 is 28.6 Å². The van der Waals surface area contributed by atoms with E-state index in [4.69, 9.17) is 0 Å². The maximum atomic E-state index is 14.3. The van der Waals surface area contributed by atoms with E-state index in [0.29, 0.717) is 43.7 Å². The Morgan fingerprint density at radius 3 is 2.67 bits per heavy atom. The van der Waals surface area contributed by atoms with Gasteiger partial charge in [0.05, 0.1) is 18.2 Å². The number of nitrogens with zero attached hydrogens (tertiary/aromatic N) is 1. The molecule has 2 aromatic rings. The van der Waals surface area contributed by atoms with Crippen LogP contribution in [0.1, 0.15) is 61.9 Å². The summed E-state index contributed by atoms with van der Waals surface area (Å²) < 4.78 is 14.3. The lowest BCUT2D eigenvalue weighted by Gasteiger charge is -2.27. The summed E-state index contributed by atoms with van der Waals surface area (Å²) in [5.74, 6) is -0.642. The molecule has 8 nitrogen and oxygen atoms in total. The summed E-state index contributed by atoms with van der Waals surface area (Å²) in [5, 5.41) is 16.2. The van der Waals surface area contributed by atoms with E-state index in [1.165, 1.54) is 25.3 Å². The van der Waals surface area contributed by atoms with Gasteiger partial charge in [-0.3, -0.25) is 14.4 Å². The van der Waals surface area contributed by atoms with Gasteiger partial charge in [0, 0.05) is 24.4 Å². The number of rotatable bonds is 7. The standard InChI is InChI=1S/C27H35FN4O4/c28-21-8-4-7-17-12-22(31-24(17)21)27(36)32-14-19(16-5-2-1-3-6-16)13-23(32)26(35)30-20(15-33)11-18-9-10-29-25(18)34/h4,7-8,12,16,18-20,23,31,33H,1-3,5-6,9-11,13-15H2,(H,29,34)(H,30,35)/t18-,19+,20-,23-/m0/s1. The number of halogens is 1. The Kier molecular flexibility index (Phi) is 7.27. The first-order chi connectivity index (χ1) is 17.4. The predicted octanol–water partition coefficient (Wildman–Crippen LogP) is 2.72. The number of benzene rings is 1. The van der Waals surface area contributed by atoms with Gasteiger partial charge in [-0.1, -0.05) is 44.2 Å². The lowest BCUT2D eigenvalue weighted by Crippen LogP contribution is -2.50. The van der Waals surface area contributed by atoms with Gasteiger partial charge in [-0.15, -0.1) is 0 Å². The highest BCUT2D eigenvalue weighted by molar-refractivity contribution is 6.00. The van der Waals surface area contributed by atoms with E-state index >= 15 is 0 Å². The molecule has 3 heterocycles. The van der Waals surface area contributed by atoms with Crippen LogP contribution in [0.15, 0.2) is 24.3 Å². The van der Waals surface area contributed by atoms with Crippen LogP contribution < -0.4 is 10.6 Å². The highest BCUT2D eigenvalue weighted by Gasteiger charge is 2.43. The summed E-state index contributed by atoms with van der Waals surface area (Å²) in [6.07, 6.45) is 7.39. The Balaban J connectivity index is 1.35. The summed E-state index contributed by atoms with van der Waals surface area (Å²) in [6.45, 7) is 0.812. The molecular weight excluding hydrogens is 463 g/mol. The van der Waals surface area contributed by atoms with Gasteiger partial charge in [-0.05, 0) is 43.2 Å². The number of aliphatic hydroxyl groups excluding tert-OH is 1. The van der Waals surface area contributed by atoms with Crippen molar-refractivity contribution in [1.82, 2.24) is 20.5 Å². The highest BCUT2D eigenvalue weighted by Crippen LogP contribution is 2.38. The quantitative estimate of drug-likeness (QED) is 0.470. The fourth-order valence-electron chi connectivity index (χ4n) is 6.37. The number of hydrogen-bond donors (Lipinski definition) is 4. The molecule has 2 saturated heterocycles. The molecule has 5 rings (SSSR count). The van der Waals surface area contributed by atoms with Gasteiger partial charge >= 0.3 is 0 Å². The molecule has 3 fully saturated rings. The van der Waals surface area contributed by atoms with Crippen LogP contribution in [0.3, 0.4) is 0 Å². The third kappa shape index (κ3) is 4.98. The van der Waals surface area contributed by atoms with E-state index < -0.39 is 17.9 Å². The molecule has 1 aliphatic carbocycles. The summed E-state index contributed by atoms with van der Waals surface area (Å²) in [7, 11) is 0. The zero-order valence-corrected chi connectivity index (χ0v) is 20.5. The number of aliphatic hydroxyl groups is 1. The molecular formula is C27H35FN4O4. The van der Waals surface area contributed by atoms with E-state index in [-0.39, 0.29) is 47.4 Å². The number of hydrogen-bond acceptors (Lipinski definition) is 4. The molecule has 1 aromatic carbocycles. The van der Waals surface area contributed by atoms with Crippen molar-refractivity contribution in [2.75, 3.05) is 19.7 Å². The molecule has 4 N–H and O–H groups in total. The van der Waals surface area contributed by atoms with Crippen LogP contribution in [-0.2, 0) is 9.59 Å².